The predicted molar refractivity (Wildman–Crippen MR) is 113 cm³/mol. The number of hydrogen-bond donors (Lipinski definition) is 3. The quantitative estimate of drug-likeness (QED) is 0.405. The number of rotatable bonds is 5. The van der Waals surface area contributed by atoms with Crippen LogP contribution in [0.5, 0.6) is 5.75 Å². The van der Waals surface area contributed by atoms with Crippen molar-refractivity contribution in [1.82, 2.24) is 15.2 Å². The van der Waals surface area contributed by atoms with Gasteiger partial charge >= 0.3 is 5.97 Å². The second-order valence-corrected chi connectivity index (χ2v) is 7.13. The Labute approximate surface area is 181 Å². The van der Waals surface area contributed by atoms with Gasteiger partial charge in [-0.15, -0.1) is 0 Å². The molecule has 8 nitrogen and oxygen atoms in total. The molecule has 1 amide bonds. The lowest BCUT2D eigenvalue weighted by Crippen LogP contribution is -2.19. The van der Waals surface area contributed by atoms with Gasteiger partial charge in [-0.2, -0.15) is 10.2 Å². The largest absolute Gasteiger partial charge is 0.504 e. The summed E-state index contributed by atoms with van der Waals surface area (Å²) in [6.45, 7) is 1.58. The topological polar surface area (TPSA) is 117 Å². The Kier molecular flexibility index (Phi) is 6.09. The highest BCUT2D eigenvalue weighted by molar-refractivity contribution is 6.42. The molecule has 30 heavy (non-hydrogen) atoms. The van der Waals surface area contributed by atoms with Crippen LogP contribution < -0.4 is 5.43 Å². The molecule has 1 aromatic heterocycles. The van der Waals surface area contributed by atoms with Crippen molar-refractivity contribution in [3.8, 4) is 17.0 Å². The fourth-order valence-electron chi connectivity index (χ4n) is 2.74. The van der Waals surface area contributed by atoms with Gasteiger partial charge in [-0.1, -0.05) is 29.3 Å². The van der Waals surface area contributed by atoms with E-state index < -0.39 is 11.9 Å². The van der Waals surface area contributed by atoms with Crippen molar-refractivity contribution in [1.29, 1.82) is 0 Å². The highest BCUT2D eigenvalue weighted by atomic mass is 35.5. The molecule has 3 aromatic rings. The average molecular weight is 447 g/mol. The number of benzene rings is 2. The Bertz CT molecular complexity index is 1170. The lowest BCUT2D eigenvalue weighted by atomic mass is 10.1. The van der Waals surface area contributed by atoms with Gasteiger partial charge in [0, 0.05) is 18.2 Å². The number of amides is 1. The van der Waals surface area contributed by atoms with Crippen LogP contribution in [-0.2, 0) is 7.05 Å². The molecule has 3 rings (SSSR count). The van der Waals surface area contributed by atoms with Gasteiger partial charge in [0.1, 0.15) is 5.69 Å². The molecule has 0 saturated carbocycles. The molecule has 1 heterocycles. The molecule has 0 aliphatic carbocycles. The summed E-state index contributed by atoms with van der Waals surface area (Å²) < 4.78 is 1.47. The summed E-state index contributed by atoms with van der Waals surface area (Å²) in [4.78, 5) is 23.1. The molecule has 2 aromatic carbocycles. The van der Waals surface area contributed by atoms with Crippen LogP contribution in [0.4, 0.5) is 0 Å². The number of aryl methyl sites for hydroxylation is 1. The summed E-state index contributed by atoms with van der Waals surface area (Å²) in [6.07, 6.45) is 0. The summed E-state index contributed by atoms with van der Waals surface area (Å²) in [6, 6.07) is 10.3. The van der Waals surface area contributed by atoms with E-state index in [4.69, 9.17) is 28.3 Å². The van der Waals surface area contributed by atoms with E-state index in [1.165, 1.54) is 28.9 Å². The summed E-state index contributed by atoms with van der Waals surface area (Å²) in [5.41, 5.74) is 4.13. The number of carbonyl (C=O) groups excluding carboxylic acids is 1. The fourth-order valence-corrected chi connectivity index (χ4v) is 3.04. The zero-order valence-electron chi connectivity index (χ0n) is 15.8. The van der Waals surface area contributed by atoms with E-state index in [-0.39, 0.29) is 28.3 Å². The molecule has 154 valence electrons. The SMILES string of the molecule is C/C(=N\NC(=O)c1ccc(C(=O)O)cc1)c1nn(C)c(-c2ccc(Cl)c(Cl)c2)c1O. The van der Waals surface area contributed by atoms with Crippen molar-refractivity contribution >= 4 is 40.8 Å². The van der Waals surface area contributed by atoms with E-state index in [1.54, 1.807) is 32.2 Å². The highest BCUT2D eigenvalue weighted by Gasteiger charge is 2.20. The average Bonchev–Trinajstić information content (AvgIpc) is 3.02. The van der Waals surface area contributed by atoms with Gasteiger partial charge < -0.3 is 10.2 Å². The lowest BCUT2D eigenvalue weighted by molar-refractivity contribution is 0.0696. The third-order valence-corrected chi connectivity index (χ3v) is 5.02. The number of halogens is 2. The molecule has 0 fully saturated rings. The van der Waals surface area contributed by atoms with E-state index in [0.29, 0.717) is 21.3 Å². The first-order valence-electron chi connectivity index (χ1n) is 8.58. The van der Waals surface area contributed by atoms with Crippen molar-refractivity contribution in [3.63, 3.8) is 0 Å². The molecule has 3 N–H and O–H groups in total. The molecule has 0 aliphatic heterocycles. The van der Waals surface area contributed by atoms with Crippen LogP contribution in [0.15, 0.2) is 47.6 Å². The number of nitrogens with one attached hydrogen (secondary N) is 1. The highest BCUT2D eigenvalue weighted by Crippen LogP contribution is 2.35. The maximum atomic E-state index is 12.2. The maximum absolute atomic E-state index is 12.2. The summed E-state index contributed by atoms with van der Waals surface area (Å²) in [5, 5.41) is 28.5. The van der Waals surface area contributed by atoms with Crippen LogP contribution in [0.2, 0.25) is 10.0 Å². The van der Waals surface area contributed by atoms with Crippen LogP contribution in [0.1, 0.15) is 33.3 Å². The van der Waals surface area contributed by atoms with Crippen LogP contribution in [0.3, 0.4) is 0 Å². The minimum absolute atomic E-state index is 0.0690. The smallest absolute Gasteiger partial charge is 0.335 e. The molecule has 0 spiro atoms. The van der Waals surface area contributed by atoms with Crippen molar-refractivity contribution in [2.24, 2.45) is 12.1 Å². The van der Waals surface area contributed by atoms with Crippen molar-refractivity contribution in [2.75, 3.05) is 0 Å². The van der Waals surface area contributed by atoms with Gasteiger partial charge in [0.2, 0.25) is 0 Å². The van der Waals surface area contributed by atoms with Crippen LogP contribution in [-0.4, -0.2) is 37.6 Å². The van der Waals surface area contributed by atoms with Crippen molar-refractivity contribution in [3.05, 3.63) is 69.3 Å². The molecular formula is C20H16Cl2N4O4. The van der Waals surface area contributed by atoms with Crippen LogP contribution in [0.25, 0.3) is 11.3 Å². The van der Waals surface area contributed by atoms with Gasteiger partial charge in [-0.25, -0.2) is 10.2 Å². The molecular weight excluding hydrogens is 431 g/mol. The zero-order chi connectivity index (χ0) is 22.0. The fraction of sp³-hybridized carbons (Fsp3) is 0.100. The monoisotopic (exact) mass is 446 g/mol. The number of aromatic nitrogens is 2. The van der Waals surface area contributed by atoms with Gasteiger partial charge in [0.25, 0.3) is 5.91 Å². The number of nitrogens with zero attached hydrogens (tertiary/aromatic N) is 3. The first kappa shape index (κ1) is 21.4. The molecule has 0 radical (unpaired) electrons. The standard InChI is InChI=1S/C20H16Cl2N4O4/c1-10(23-24-19(28)11-3-5-12(6-4-11)20(29)30)16-18(27)17(26(2)25-16)13-7-8-14(21)15(22)9-13/h3-9,27H,1-2H3,(H,24,28)(H,29,30)/b23-10+. The van der Waals surface area contributed by atoms with E-state index in [0.717, 1.165) is 0 Å². The number of hydrogen-bond acceptors (Lipinski definition) is 5. The van der Waals surface area contributed by atoms with E-state index >= 15 is 0 Å². The molecule has 0 aliphatic rings. The third-order valence-electron chi connectivity index (χ3n) is 4.28. The van der Waals surface area contributed by atoms with Gasteiger partial charge in [0.15, 0.2) is 11.4 Å². The van der Waals surface area contributed by atoms with Crippen molar-refractivity contribution < 1.29 is 19.8 Å². The Morgan fingerprint density at radius 3 is 2.30 bits per heavy atom. The Hall–Kier alpha value is -3.36. The van der Waals surface area contributed by atoms with E-state index in [9.17, 15) is 14.7 Å². The predicted octanol–water partition coefficient (Wildman–Crippen LogP) is 3.95. The Morgan fingerprint density at radius 2 is 1.70 bits per heavy atom. The van der Waals surface area contributed by atoms with Gasteiger partial charge in [0.05, 0.1) is 21.3 Å². The van der Waals surface area contributed by atoms with Gasteiger partial charge in [-0.05, 0) is 43.3 Å². The van der Waals surface area contributed by atoms with E-state index in [2.05, 4.69) is 15.6 Å². The second-order valence-electron chi connectivity index (χ2n) is 6.32. The lowest BCUT2D eigenvalue weighted by Gasteiger charge is -2.04. The van der Waals surface area contributed by atoms with Gasteiger partial charge in [-0.3, -0.25) is 9.48 Å². The number of carboxylic acids is 1. The normalized spacial score (nSPS) is 11.4. The Morgan fingerprint density at radius 1 is 1.07 bits per heavy atom. The third kappa shape index (κ3) is 4.29. The molecule has 10 heteroatoms. The van der Waals surface area contributed by atoms with Crippen molar-refractivity contribution in [2.45, 2.75) is 6.92 Å². The maximum Gasteiger partial charge on any atom is 0.335 e. The molecule has 0 bridgehead atoms. The summed E-state index contributed by atoms with van der Waals surface area (Å²) in [7, 11) is 1.65. The number of aromatic hydroxyl groups is 1. The Balaban J connectivity index is 1.83. The minimum Gasteiger partial charge on any atom is -0.504 e. The van der Waals surface area contributed by atoms with E-state index in [1.807, 2.05) is 0 Å². The first-order chi connectivity index (χ1) is 14.2. The molecule has 0 saturated heterocycles. The number of hydrazone groups is 1. The first-order valence-corrected chi connectivity index (χ1v) is 9.34. The number of aromatic carboxylic acids is 1. The molecule has 0 atom stereocenters. The molecule has 0 unspecified atom stereocenters. The summed E-state index contributed by atoms with van der Waals surface area (Å²) >= 11 is 12.0. The number of carbonyl (C=O) groups is 2. The second kappa shape index (κ2) is 8.56. The minimum atomic E-state index is -1.08. The summed E-state index contributed by atoms with van der Waals surface area (Å²) in [5.74, 6) is -1.75. The van der Waals surface area contributed by atoms with Crippen LogP contribution in [0, 0.1) is 0 Å². The number of carboxylic acid groups (broad SMARTS) is 1. The zero-order valence-corrected chi connectivity index (χ0v) is 17.4. The van der Waals surface area contributed by atoms with Crippen LogP contribution >= 0.6 is 23.2 Å².